The monoisotopic (exact) mass is 222 g/mol. The zero-order chi connectivity index (χ0) is 11.8. The van der Waals surface area contributed by atoms with Crippen molar-refractivity contribution >= 4 is 0 Å². The van der Waals surface area contributed by atoms with Gasteiger partial charge in [0.05, 0.1) is 6.54 Å². The fourth-order valence-corrected chi connectivity index (χ4v) is 1.98. The van der Waals surface area contributed by atoms with Crippen LogP contribution in [-0.2, 0) is 13.0 Å². The number of aromatic nitrogens is 3. The maximum Gasteiger partial charge on any atom is 0.138 e. The van der Waals surface area contributed by atoms with Gasteiger partial charge in [-0.15, -0.1) is 0 Å². The van der Waals surface area contributed by atoms with Crippen LogP contribution in [0, 0.1) is 5.41 Å². The standard InChI is InChI=1S/C12H22N4/c1-9(12(2,3)4)15-10-5-6-11-13-8-14-16(11)7-10/h8-10,15H,5-7H2,1-4H3. The summed E-state index contributed by atoms with van der Waals surface area (Å²) in [4.78, 5) is 4.24. The van der Waals surface area contributed by atoms with Crippen LogP contribution in [0.4, 0.5) is 0 Å². The zero-order valence-electron chi connectivity index (χ0n) is 10.7. The lowest BCUT2D eigenvalue weighted by molar-refractivity contribution is 0.234. The Morgan fingerprint density at radius 1 is 1.50 bits per heavy atom. The highest BCUT2D eigenvalue weighted by atomic mass is 15.3. The van der Waals surface area contributed by atoms with Gasteiger partial charge in [-0.3, -0.25) is 0 Å². The topological polar surface area (TPSA) is 42.7 Å². The summed E-state index contributed by atoms with van der Waals surface area (Å²) >= 11 is 0. The Bertz CT molecular complexity index is 350. The van der Waals surface area contributed by atoms with Gasteiger partial charge in [-0.2, -0.15) is 5.10 Å². The molecule has 90 valence electrons. The fourth-order valence-electron chi connectivity index (χ4n) is 1.98. The average Bonchev–Trinajstić information content (AvgIpc) is 2.63. The molecule has 1 N–H and O–H groups in total. The highest BCUT2D eigenvalue weighted by Gasteiger charge is 2.25. The summed E-state index contributed by atoms with van der Waals surface area (Å²) in [7, 11) is 0. The second-order valence-electron chi connectivity index (χ2n) is 5.85. The Hall–Kier alpha value is -0.900. The van der Waals surface area contributed by atoms with Gasteiger partial charge in [0.2, 0.25) is 0 Å². The van der Waals surface area contributed by atoms with Crippen LogP contribution in [0.3, 0.4) is 0 Å². The van der Waals surface area contributed by atoms with Gasteiger partial charge in [0.15, 0.2) is 0 Å². The molecule has 2 unspecified atom stereocenters. The molecule has 0 spiro atoms. The summed E-state index contributed by atoms with van der Waals surface area (Å²) in [5, 5.41) is 7.94. The molecule has 2 atom stereocenters. The first-order chi connectivity index (χ1) is 7.47. The minimum atomic E-state index is 0.308. The molecule has 1 aromatic heterocycles. The third-order valence-electron chi connectivity index (χ3n) is 3.59. The van der Waals surface area contributed by atoms with Gasteiger partial charge >= 0.3 is 0 Å². The van der Waals surface area contributed by atoms with E-state index < -0.39 is 0 Å². The van der Waals surface area contributed by atoms with Gasteiger partial charge < -0.3 is 5.32 Å². The SMILES string of the molecule is CC(NC1CCc2ncnn2C1)C(C)(C)C. The van der Waals surface area contributed by atoms with Crippen molar-refractivity contribution in [1.82, 2.24) is 20.1 Å². The first kappa shape index (κ1) is 11.6. The quantitative estimate of drug-likeness (QED) is 0.827. The van der Waals surface area contributed by atoms with Crippen molar-refractivity contribution in [2.24, 2.45) is 5.41 Å². The molecule has 16 heavy (non-hydrogen) atoms. The van der Waals surface area contributed by atoms with Crippen LogP contribution in [0.5, 0.6) is 0 Å². The number of rotatable bonds is 2. The van der Waals surface area contributed by atoms with Crippen molar-refractivity contribution in [3.05, 3.63) is 12.2 Å². The summed E-state index contributed by atoms with van der Waals surface area (Å²) in [6, 6.07) is 1.05. The molecule has 4 nitrogen and oxygen atoms in total. The Labute approximate surface area is 97.5 Å². The lowest BCUT2D eigenvalue weighted by atomic mass is 9.87. The largest absolute Gasteiger partial charge is 0.309 e. The normalized spacial score (nSPS) is 22.9. The van der Waals surface area contributed by atoms with Gasteiger partial charge in [-0.1, -0.05) is 20.8 Å². The summed E-state index contributed by atoms with van der Waals surface area (Å²) in [6.45, 7) is 10.0. The number of nitrogens with one attached hydrogen (secondary N) is 1. The number of fused-ring (bicyclic) bond motifs is 1. The van der Waals surface area contributed by atoms with Gasteiger partial charge in [-0.25, -0.2) is 9.67 Å². The maximum absolute atomic E-state index is 4.24. The molecular weight excluding hydrogens is 200 g/mol. The Morgan fingerprint density at radius 3 is 2.94 bits per heavy atom. The second-order valence-corrected chi connectivity index (χ2v) is 5.85. The average molecular weight is 222 g/mol. The first-order valence-electron chi connectivity index (χ1n) is 6.09. The second kappa shape index (κ2) is 4.17. The van der Waals surface area contributed by atoms with E-state index in [1.807, 2.05) is 4.68 Å². The molecule has 4 heteroatoms. The molecule has 1 aliphatic rings. The van der Waals surface area contributed by atoms with E-state index in [-0.39, 0.29) is 0 Å². The van der Waals surface area contributed by atoms with E-state index in [0.29, 0.717) is 17.5 Å². The summed E-state index contributed by atoms with van der Waals surface area (Å²) in [5.74, 6) is 1.13. The van der Waals surface area contributed by atoms with Gasteiger partial charge in [0.25, 0.3) is 0 Å². The Balaban J connectivity index is 1.95. The third kappa shape index (κ3) is 2.43. The molecule has 0 saturated heterocycles. The summed E-state index contributed by atoms with van der Waals surface area (Å²) in [6.07, 6.45) is 3.86. The lowest BCUT2D eigenvalue weighted by Crippen LogP contribution is -2.47. The van der Waals surface area contributed by atoms with Crippen molar-refractivity contribution in [3.63, 3.8) is 0 Å². The highest BCUT2D eigenvalue weighted by molar-refractivity contribution is 4.93. The van der Waals surface area contributed by atoms with Crippen LogP contribution in [-0.4, -0.2) is 26.8 Å². The van der Waals surface area contributed by atoms with E-state index in [9.17, 15) is 0 Å². The molecule has 2 rings (SSSR count). The van der Waals surface area contributed by atoms with Crippen molar-refractivity contribution in [2.45, 2.75) is 59.2 Å². The smallest absolute Gasteiger partial charge is 0.138 e. The van der Waals surface area contributed by atoms with E-state index in [4.69, 9.17) is 0 Å². The first-order valence-corrected chi connectivity index (χ1v) is 6.09. The molecule has 0 saturated carbocycles. The van der Waals surface area contributed by atoms with Crippen LogP contribution in [0.15, 0.2) is 6.33 Å². The third-order valence-corrected chi connectivity index (χ3v) is 3.59. The van der Waals surface area contributed by atoms with Gasteiger partial charge in [-0.05, 0) is 18.8 Å². The molecule has 0 amide bonds. The van der Waals surface area contributed by atoms with Crippen molar-refractivity contribution in [3.8, 4) is 0 Å². The molecule has 1 aliphatic heterocycles. The Kier molecular flexibility index (Phi) is 3.02. The maximum atomic E-state index is 4.24. The van der Waals surface area contributed by atoms with Crippen LogP contribution in [0.25, 0.3) is 0 Å². The number of hydrogen-bond acceptors (Lipinski definition) is 3. The van der Waals surface area contributed by atoms with E-state index >= 15 is 0 Å². The number of hydrogen-bond donors (Lipinski definition) is 1. The molecule has 0 bridgehead atoms. The summed E-state index contributed by atoms with van der Waals surface area (Å²) < 4.78 is 2.02. The van der Waals surface area contributed by atoms with Crippen LogP contribution in [0.1, 0.15) is 39.9 Å². The molecular formula is C12H22N4. The fraction of sp³-hybridized carbons (Fsp3) is 0.833. The number of aryl methyl sites for hydroxylation is 1. The molecule has 0 aromatic carbocycles. The highest BCUT2D eigenvalue weighted by Crippen LogP contribution is 2.21. The minimum Gasteiger partial charge on any atom is -0.309 e. The van der Waals surface area contributed by atoms with Crippen LogP contribution in [0.2, 0.25) is 0 Å². The molecule has 2 heterocycles. The van der Waals surface area contributed by atoms with Gasteiger partial charge in [0.1, 0.15) is 12.2 Å². The summed E-state index contributed by atoms with van der Waals surface area (Å²) in [5.41, 5.74) is 0.308. The van der Waals surface area contributed by atoms with E-state index in [1.165, 1.54) is 6.42 Å². The van der Waals surface area contributed by atoms with Crippen molar-refractivity contribution in [1.29, 1.82) is 0 Å². The zero-order valence-corrected chi connectivity index (χ0v) is 10.7. The lowest BCUT2D eigenvalue weighted by Gasteiger charge is -2.34. The van der Waals surface area contributed by atoms with E-state index in [0.717, 1.165) is 18.8 Å². The molecule has 0 aliphatic carbocycles. The predicted octanol–water partition coefficient (Wildman–Crippen LogP) is 1.62. The van der Waals surface area contributed by atoms with E-state index in [2.05, 4.69) is 43.1 Å². The van der Waals surface area contributed by atoms with Crippen LogP contribution < -0.4 is 5.32 Å². The van der Waals surface area contributed by atoms with Crippen LogP contribution >= 0.6 is 0 Å². The Morgan fingerprint density at radius 2 is 2.25 bits per heavy atom. The molecule has 0 radical (unpaired) electrons. The molecule has 0 fully saturated rings. The van der Waals surface area contributed by atoms with Crippen molar-refractivity contribution in [2.75, 3.05) is 0 Å². The molecule has 1 aromatic rings. The minimum absolute atomic E-state index is 0.308. The van der Waals surface area contributed by atoms with Crippen molar-refractivity contribution < 1.29 is 0 Å². The predicted molar refractivity (Wildman–Crippen MR) is 64.2 cm³/mol. The number of nitrogens with zero attached hydrogens (tertiary/aromatic N) is 3. The van der Waals surface area contributed by atoms with E-state index in [1.54, 1.807) is 6.33 Å². The van der Waals surface area contributed by atoms with Gasteiger partial charge in [0, 0.05) is 18.5 Å².